The van der Waals surface area contributed by atoms with Crippen LogP contribution in [0.1, 0.15) is 11.3 Å². The summed E-state index contributed by atoms with van der Waals surface area (Å²) in [4.78, 5) is 32.6. The third-order valence-electron chi connectivity index (χ3n) is 3.69. The van der Waals surface area contributed by atoms with E-state index in [0.29, 0.717) is 16.9 Å². The van der Waals surface area contributed by atoms with Gasteiger partial charge in [0.1, 0.15) is 5.69 Å². The highest BCUT2D eigenvalue weighted by atomic mass is 16.5. The molecular formula is C19H18N4O3. The van der Waals surface area contributed by atoms with Gasteiger partial charge in [-0.05, 0) is 37.6 Å². The summed E-state index contributed by atoms with van der Waals surface area (Å²) in [7, 11) is 0. The summed E-state index contributed by atoms with van der Waals surface area (Å²) in [6.07, 6.45) is 0. The number of hydrogen-bond acceptors (Lipinski definition) is 5. The van der Waals surface area contributed by atoms with E-state index in [4.69, 9.17) is 4.74 Å². The number of carbonyl (C=O) groups is 2. The Morgan fingerprint density at radius 1 is 0.962 bits per heavy atom. The zero-order valence-corrected chi connectivity index (χ0v) is 14.4. The third-order valence-corrected chi connectivity index (χ3v) is 3.69. The molecular weight excluding hydrogens is 332 g/mol. The van der Waals surface area contributed by atoms with Crippen LogP contribution >= 0.6 is 0 Å². The van der Waals surface area contributed by atoms with E-state index in [0.717, 1.165) is 11.1 Å². The van der Waals surface area contributed by atoms with Gasteiger partial charge in [-0.25, -0.2) is 14.8 Å². The summed E-state index contributed by atoms with van der Waals surface area (Å²) in [5, 5.41) is 4.84. The molecule has 3 amide bonds. The number of anilines is 1. The van der Waals surface area contributed by atoms with Crippen molar-refractivity contribution in [2.75, 3.05) is 11.9 Å². The van der Waals surface area contributed by atoms with Gasteiger partial charge in [-0.2, -0.15) is 0 Å². The van der Waals surface area contributed by atoms with Crippen molar-refractivity contribution >= 4 is 28.7 Å². The summed E-state index contributed by atoms with van der Waals surface area (Å²) in [5.41, 5.74) is 3.52. The van der Waals surface area contributed by atoms with Crippen molar-refractivity contribution in [3.05, 3.63) is 59.8 Å². The van der Waals surface area contributed by atoms with Crippen LogP contribution in [0.2, 0.25) is 0 Å². The quantitative estimate of drug-likeness (QED) is 0.754. The van der Waals surface area contributed by atoms with Gasteiger partial charge < -0.3 is 10.1 Å². The fraction of sp³-hybridized carbons (Fsp3) is 0.158. The molecule has 1 heterocycles. The first-order chi connectivity index (χ1) is 12.5. The number of rotatable bonds is 4. The lowest BCUT2D eigenvalue weighted by atomic mass is 10.2. The van der Waals surface area contributed by atoms with Gasteiger partial charge in [0.25, 0.3) is 5.91 Å². The Morgan fingerprint density at radius 2 is 1.62 bits per heavy atom. The van der Waals surface area contributed by atoms with Gasteiger partial charge in [0.05, 0.1) is 11.0 Å². The molecule has 0 saturated heterocycles. The SMILES string of the molecule is Cc1ccccc1NC(=O)NC(=O)COc1nc2ccccc2nc1C. The minimum absolute atomic E-state index is 0.262. The van der Waals surface area contributed by atoms with Crippen LogP contribution in [0.15, 0.2) is 48.5 Å². The van der Waals surface area contributed by atoms with Crippen LogP contribution in [0.5, 0.6) is 5.88 Å². The number of ether oxygens (including phenoxy) is 1. The van der Waals surface area contributed by atoms with Gasteiger partial charge in [-0.1, -0.05) is 30.3 Å². The van der Waals surface area contributed by atoms with Gasteiger partial charge in [-0.3, -0.25) is 10.1 Å². The maximum absolute atomic E-state index is 11.9. The molecule has 3 rings (SSSR count). The highest BCUT2D eigenvalue weighted by Gasteiger charge is 2.12. The van der Waals surface area contributed by atoms with Crippen molar-refractivity contribution in [1.82, 2.24) is 15.3 Å². The Kier molecular flexibility index (Phi) is 5.07. The number of aromatic nitrogens is 2. The fourth-order valence-corrected chi connectivity index (χ4v) is 2.37. The van der Waals surface area contributed by atoms with Gasteiger partial charge in [0, 0.05) is 5.69 Å². The summed E-state index contributed by atoms with van der Waals surface area (Å²) in [6.45, 7) is 3.27. The van der Waals surface area contributed by atoms with Crippen LogP contribution in [-0.2, 0) is 4.79 Å². The zero-order chi connectivity index (χ0) is 18.5. The lowest BCUT2D eigenvalue weighted by molar-refractivity contribution is -0.122. The van der Waals surface area contributed by atoms with Gasteiger partial charge >= 0.3 is 6.03 Å². The molecule has 0 spiro atoms. The molecule has 0 radical (unpaired) electrons. The largest absolute Gasteiger partial charge is 0.466 e. The van der Waals surface area contributed by atoms with Crippen LogP contribution in [0, 0.1) is 13.8 Å². The Balaban J connectivity index is 1.58. The molecule has 132 valence electrons. The second-order valence-corrected chi connectivity index (χ2v) is 5.71. The normalized spacial score (nSPS) is 10.4. The number of carbonyl (C=O) groups excluding carboxylic acids is 2. The first-order valence-corrected chi connectivity index (χ1v) is 8.05. The van der Waals surface area contributed by atoms with Gasteiger partial charge in [-0.15, -0.1) is 0 Å². The Bertz CT molecular complexity index is 972. The van der Waals surface area contributed by atoms with Crippen molar-refractivity contribution in [3.63, 3.8) is 0 Å². The van der Waals surface area contributed by atoms with Crippen molar-refractivity contribution < 1.29 is 14.3 Å². The average molecular weight is 350 g/mol. The Morgan fingerprint density at radius 3 is 2.35 bits per heavy atom. The number of imide groups is 1. The number of para-hydroxylation sites is 3. The first kappa shape index (κ1) is 17.3. The lowest BCUT2D eigenvalue weighted by Gasteiger charge is -2.10. The zero-order valence-electron chi connectivity index (χ0n) is 14.4. The van der Waals surface area contributed by atoms with Crippen molar-refractivity contribution in [1.29, 1.82) is 0 Å². The number of aryl methyl sites for hydroxylation is 2. The minimum atomic E-state index is -0.616. The van der Waals surface area contributed by atoms with Gasteiger partial charge in [0.2, 0.25) is 5.88 Å². The van der Waals surface area contributed by atoms with Crippen molar-refractivity contribution in [2.24, 2.45) is 0 Å². The van der Waals surface area contributed by atoms with Gasteiger partial charge in [0.15, 0.2) is 6.61 Å². The maximum atomic E-state index is 11.9. The molecule has 7 nitrogen and oxygen atoms in total. The fourth-order valence-electron chi connectivity index (χ4n) is 2.37. The molecule has 2 aromatic carbocycles. The number of nitrogens with zero attached hydrogens (tertiary/aromatic N) is 2. The monoisotopic (exact) mass is 350 g/mol. The molecule has 0 saturated carbocycles. The average Bonchev–Trinajstić information content (AvgIpc) is 2.62. The molecule has 7 heteroatoms. The molecule has 2 N–H and O–H groups in total. The smallest absolute Gasteiger partial charge is 0.325 e. The summed E-state index contributed by atoms with van der Waals surface area (Å²) >= 11 is 0. The molecule has 26 heavy (non-hydrogen) atoms. The number of nitrogens with one attached hydrogen (secondary N) is 2. The number of benzene rings is 2. The second-order valence-electron chi connectivity index (χ2n) is 5.71. The van der Waals surface area contributed by atoms with Crippen molar-refractivity contribution in [2.45, 2.75) is 13.8 Å². The van der Waals surface area contributed by atoms with Crippen LogP contribution in [-0.4, -0.2) is 28.5 Å². The van der Waals surface area contributed by atoms with Crippen LogP contribution in [0.25, 0.3) is 11.0 Å². The molecule has 0 aliphatic rings. The van der Waals surface area contributed by atoms with E-state index in [1.807, 2.05) is 43.3 Å². The van der Waals surface area contributed by atoms with E-state index in [1.165, 1.54) is 0 Å². The predicted octanol–water partition coefficient (Wildman–Crippen LogP) is 2.97. The molecule has 1 aromatic heterocycles. The van der Waals surface area contributed by atoms with Crippen LogP contribution in [0.4, 0.5) is 10.5 Å². The van der Waals surface area contributed by atoms with Crippen LogP contribution in [0.3, 0.4) is 0 Å². The molecule has 0 aliphatic carbocycles. The molecule has 0 fully saturated rings. The maximum Gasteiger partial charge on any atom is 0.325 e. The predicted molar refractivity (Wildman–Crippen MR) is 98.1 cm³/mol. The van der Waals surface area contributed by atoms with Crippen molar-refractivity contribution in [3.8, 4) is 5.88 Å². The Labute approximate surface area is 150 Å². The lowest BCUT2D eigenvalue weighted by Crippen LogP contribution is -2.37. The van der Waals surface area contributed by atoms with E-state index in [-0.39, 0.29) is 12.5 Å². The van der Waals surface area contributed by atoms with E-state index in [2.05, 4.69) is 20.6 Å². The molecule has 0 aliphatic heterocycles. The van der Waals surface area contributed by atoms with E-state index < -0.39 is 11.9 Å². The molecule has 3 aromatic rings. The third kappa shape index (κ3) is 4.13. The number of urea groups is 1. The van der Waals surface area contributed by atoms with E-state index >= 15 is 0 Å². The molecule has 0 bridgehead atoms. The van der Waals surface area contributed by atoms with E-state index in [9.17, 15) is 9.59 Å². The summed E-state index contributed by atoms with van der Waals surface area (Å²) < 4.78 is 5.42. The number of hydrogen-bond donors (Lipinski definition) is 2. The Hall–Kier alpha value is -3.48. The highest BCUT2D eigenvalue weighted by molar-refractivity contribution is 6.01. The summed E-state index contributed by atoms with van der Waals surface area (Å²) in [5.74, 6) is -0.316. The standard InChI is InChI=1S/C19H18N4O3/c1-12-7-3-4-8-14(12)22-19(25)23-17(24)11-26-18-13(2)20-15-9-5-6-10-16(15)21-18/h3-10H,11H2,1-2H3,(H2,22,23,24,25). The first-order valence-electron chi connectivity index (χ1n) is 8.05. The summed E-state index contributed by atoms with van der Waals surface area (Å²) in [6, 6.07) is 14.0. The highest BCUT2D eigenvalue weighted by Crippen LogP contribution is 2.17. The van der Waals surface area contributed by atoms with E-state index in [1.54, 1.807) is 19.1 Å². The number of amides is 3. The number of fused-ring (bicyclic) bond motifs is 1. The second kappa shape index (κ2) is 7.60. The molecule has 0 atom stereocenters. The van der Waals surface area contributed by atoms with Crippen LogP contribution < -0.4 is 15.4 Å². The topological polar surface area (TPSA) is 93.2 Å². The minimum Gasteiger partial charge on any atom is -0.466 e. The molecule has 0 unspecified atom stereocenters.